The predicted octanol–water partition coefficient (Wildman–Crippen LogP) is 7.97. The zero-order chi connectivity index (χ0) is 34.3. The molecule has 3 heterocycles. The third kappa shape index (κ3) is 8.54. The quantitative estimate of drug-likeness (QED) is 0.148. The summed E-state index contributed by atoms with van der Waals surface area (Å²) in [4.78, 5) is 18.1. The molecule has 3 aliphatic heterocycles. The number of carbonyl (C=O) groups is 1. The number of para-hydroxylation sites is 1. The number of nitrogens with one attached hydrogen (secondary N) is 2. The number of anilines is 2. The van der Waals surface area contributed by atoms with E-state index in [4.69, 9.17) is 14.2 Å². The Hall–Kier alpha value is -4.25. The molecule has 0 radical (unpaired) electrons. The molecule has 9 nitrogen and oxygen atoms in total. The van der Waals surface area contributed by atoms with Crippen LogP contribution in [0, 0.1) is 5.92 Å². The smallest absolute Gasteiger partial charge is 0.323 e. The van der Waals surface area contributed by atoms with Gasteiger partial charge in [-0.15, -0.1) is 0 Å². The van der Waals surface area contributed by atoms with Crippen LogP contribution in [0.1, 0.15) is 61.7 Å². The van der Waals surface area contributed by atoms with Crippen LogP contribution >= 0.6 is 0 Å². The van der Waals surface area contributed by atoms with Crippen LogP contribution in [0.25, 0.3) is 0 Å². The minimum atomic E-state index is -0.558. The molecule has 0 spiro atoms. The molecule has 0 saturated carbocycles. The van der Waals surface area contributed by atoms with E-state index < -0.39 is 6.29 Å². The van der Waals surface area contributed by atoms with E-state index >= 15 is 0 Å². The summed E-state index contributed by atoms with van der Waals surface area (Å²) in [5.74, 6) is 1.57. The van der Waals surface area contributed by atoms with E-state index in [1.54, 1.807) is 12.1 Å². The highest BCUT2D eigenvalue weighted by atomic mass is 16.7. The van der Waals surface area contributed by atoms with E-state index in [0.717, 1.165) is 42.1 Å². The molecule has 7 rings (SSSR count). The molecule has 0 aliphatic carbocycles. The van der Waals surface area contributed by atoms with Crippen molar-refractivity contribution in [2.24, 2.45) is 5.92 Å². The lowest BCUT2D eigenvalue weighted by molar-refractivity contribution is -0.276. The molecule has 3 aliphatic rings. The summed E-state index contributed by atoms with van der Waals surface area (Å²) in [5.41, 5.74) is 4.17. The van der Waals surface area contributed by atoms with Gasteiger partial charge < -0.3 is 34.9 Å². The number of rotatable bonds is 11. The van der Waals surface area contributed by atoms with Crippen LogP contribution in [0.15, 0.2) is 103 Å². The van der Waals surface area contributed by atoms with Crippen LogP contribution in [0.2, 0.25) is 0 Å². The first-order valence-electron chi connectivity index (χ1n) is 18.0. The SMILES string of the molecule is C[C@H]1[C@@H](CN2CCC[C@H]2CN2CCCC2)O[C@@H](c2ccc(NC(=O)Nc3ccc(Oc4ccccc4)cc3)cc2)O[C@H]1c1ccc(CO)cc1. The van der Waals surface area contributed by atoms with Crippen LogP contribution in [-0.2, 0) is 16.1 Å². The number of carbonyl (C=O) groups excluding carboxylic acids is 1. The molecule has 3 saturated heterocycles. The lowest BCUT2D eigenvalue weighted by Gasteiger charge is -2.43. The normalized spacial score (nSPS) is 24.2. The highest BCUT2D eigenvalue weighted by molar-refractivity contribution is 5.99. The second-order valence-electron chi connectivity index (χ2n) is 13.8. The lowest BCUT2D eigenvalue weighted by Crippen LogP contribution is -2.48. The first-order chi connectivity index (χ1) is 24.5. The van der Waals surface area contributed by atoms with Crippen molar-refractivity contribution >= 4 is 17.4 Å². The Bertz CT molecular complexity index is 1660. The van der Waals surface area contributed by atoms with Crippen molar-refractivity contribution in [3.63, 3.8) is 0 Å². The molecule has 2 amide bonds. The van der Waals surface area contributed by atoms with Gasteiger partial charge in [-0.3, -0.25) is 4.90 Å². The van der Waals surface area contributed by atoms with Crippen molar-refractivity contribution in [3.05, 3.63) is 120 Å². The monoisotopic (exact) mass is 676 g/mol. The highest BCUT2D eigenvalue weighted by Crippen LogP contribution is 2.42. The first kappa shape index (κ1) is 34.2. The molecule has 0 aromatic heterocycles. The number of aliphatic hydroxyl groups excluding tert-OH is 1. The Kier molecular flexibility index (Phi) is 11.1. The van der Waals surface area contributed by atoms with Gasteiger partial charge in [-0.05, 0) is 105 Å². The topological polar surface area (TPSA) is 95.5 Å². The van der Waals surface area contributed by atoms with Crippen LogP contribution < -0.4 is 15.4 Å². The molecule has 0 unspecified atom stereocenters. The van der Waals surface area contributed by atoms with Crippen molar-refractivity contribution in [1.82, 2.24) is 9.80 Å². The zero-order valence-corrected chi connectivity index (χ0v) is 28.7. The molecule has 4 aromatic carbocycles. The van der Waals surface area contributed by atoms with Gasteiger partial charge in [0.05, 0.1) is 18.8 Å². The van der Waals surface area contributed by atoms with Crippen molar-refractivity contribution in [1.29, 1.82) is 0 Å². The standard InChI is InChI=1S/C41H48N4O5/c1-29-38(27-45-25-7-8-35(45)26-44-23-5-6-24-44)49-40(50-39(29)31-13-11-30(28-46)12-14-31)32-15-17-33(18-16-32)42-41(47)43-34-19-21-37(22-20-34)48-36-9-3-2-4-10-36/h2-4,9-22,29,35,38-40,46H,5-8,23-28H2,1H3,(H2,42,43,47)/t29-,35-,38+,39+,40+/m0/s1. The minimum absolute atomic E-state index is 0.0114. The van der Waals surface area contributed by atoms with Gasteiger partial charge in [0.1, 0.15) is 11.5 Å². The fraction of sp³-hybridized carbons (Fsp3) is 0.390. The van der Waals surface area contributed by atoms with E-state index in [1.165, 1.54) is 38.8 Å². The van der Waals surface area contributed by atoms with E-state index in [2.05, 4.69) is 39.5 Å². The Balaban J connectivity index is 1.00. The number of benzene rings is 4. The minimum Gasteiger partial charge on any atom is -0.457 e. The number of hydrogen-bond donors (Lipinski definition) is 3. The van der Waals surface area contributed by atoms with Crippen molar-refractivity contribution in [2.45, 2.75) is 63.8 Å². The predicted molar refractivity (Wildman–Crippen MR) is 195 cm³/mol. The molecular weight excluding hydrogens is 628 g/mol. The Labute approximate surface area is 295 Å². The van der Waals surface area contributed by atoms with Crippen molar-refractivity contribution in [2.75, 3.05) is 43.4 Å². The molecule has 3 fully saturated rings. The van der Waals surface area contributed by atoms with Gasteiger partial charge in [0.15, 0.2) is 6.29 Å². The number of ether oxygens (including phenoxy) is 3. The largest absolute Gasteiger partial charge is 0.457 e. The third-order valence-corrected chi connectivity index (χ3v) is 10.2. The number of aliphatic hydroxyl groups is 1. The summed E-state index contributed by atoms with van der Waals surface area (Å²) in [7, 11) is 0. The summed E-state index contributed by atoms with van der Waals surface area (Å²) in [6.07, 6.45) is 4.33. The van der Waals surface area contributed by atoms with Crippen LogP contribution in [0.4, 0.5) is 16.2 Å². The second-order valence-corrected chi connectivity index (χ2v) is 13.8. The molecule has 3 N–H and O–H groups in total. The summed E-state index contributed by atoms with van der Waals surface area (Å²) >= 11 is 0. The van der Waals surface area contributed by atoms with Gasteiger partial charge in [-0.25, -0.2) is 4.79 Å². The Morgan fingerprint density at radius 3 is 2.08 bits per heavy atom. The van der Waals surface area contributed by atoms with Gasteiger partial charge in [-0.1, -0.05) is 61.5 Å². The van der Waals surface area contributed by atoms with Gasteiger partial charge in [0, 0.05) is 42.0 Å². The second kappa shape index (κ2) is 16.2. The molecule has 5 atom stereocenters. The fourth-order valence-corrected chi connectivity index (χ4v) is 7.41. The average Bonchev–Trinajstić information content (AvgIpc) is 3.83. The molecule has 0 bridgehead atoms. The zero-order valence-electron chi connectivity index (χ0n) is 28.7. The molecule has 50 heavy (non-hydrogen) atoms. The molecule has 9 heteroatoms. The fourth-order valence-electron chi connectivity index (χ4n) is 7.41. The maximum absolute atomic E-state index is 12.8. The van der Waals surface area contributed by atoms with Gasteiger partial charge in [0.2, 0.25) is 0 Å². The van der Waals surface area contributed by atoms with Gasteiger partial charge in [0.25, 0.3) is 0 Å². The maximum Gasteiger partial charge on any atom is 0.323 e. The van der Waals surface area contributed by atoms with Crippen LogP contribution in [0.5, 0.6) is 11.5 Å². The average molecular weight is 677 g/mol. The first-order valence-corrected chi connectivity index (χ1v) is 18.0. The molecule has 262 valence electrons. The van der Waals surface area contributed by atoms with Gasteiger partial charge >= 0.3 is 6.03 Å². The third-order valence-electron chi connectivity index (χ3n) is 10.2. The molecular formula is C41H48N4O5. The summed E-state index contributed by atoms with van der Waals surface area (Å²) < 4.78 is 19.3. The number of hydrogen-bond acceptors (Lipinski definition) is 7. The van der Waals surface area contributed by atoms with E-state index in [1.807, 2.05) is 78.9 Å². The number of nitrogens with zero attached hydrogens (tertiary/aromatic N) is 2. The number of urea groups is 1. The van der Waals surface area contributed by atoms with E-state index in [9.17, 15) is 9.90 Å². The van der Waals surface area contributed by atoms with E-state index in [0.29, 0.717) is 23.2 Å². The van der Waals surface area contributed by atoms with Crippen molar-refractivity contribution in [3.8, 4) is 11.5 Å². The van der Waals surface area contributed by atoms with Gasteiger partial charge in [-0.2, -0.15) is 0 Å². The van der Waals surface area contributed by atoms with Crippen LogP contribution in [0.3, 0.4) is 0 Å². The summed E-state index contributed by atoms with van der Waals surface area (Å²) in [6, 6.07) is 32.8. The number of likely N-dealkylation sites (tertiary alicyclic amines) is 2. The number of amides is 2. The molecule has 4 aromatic rings. The Morgan fingerprint density at radius 2 is 1.40 bits per heavy atom. The summed E-state index contributed by atoms with van der Waals surface area (Å²) in [5, 5.41) is 15.4. The van der Waals surface area contributed by atoms with E-state index in [-0.39, 0.29) is 30.8 Å². The highest BCUT2D eigenvalue weighted by Gasteiger charge is 2.40. The maximum atomic E-state index is 12.8. The lowest BCUT2D eigenvalue weighted by atomic mass is 9.90. The Morgan fingerprint density at radius 1 is 0.760 bits per heavy atom. The summed E-state index contributed by atoms with van der Waals surface area (Å²) in [6.45, 7) is 7.77. The van der Waals surface area contributed by atoms with Crippen LogP contribution in [-0.4, -0.2) is 65.8 Å². The van der Waals surface area contributed by atoms with Crippen molar-refractivity contribution < 1.29 is 24.1 Å².